The number of hydrogen-bond acceptors (Lipinski definition) is 4. The Bertz CT molecular complexity index is 710. The van der Waals surface area contributed by atoms with Crippen LogP contribution in [0, 0.1) is 0 Å². The van der Waals surface area contributed by atoms with Gasteiger partial charge in [-0.25, -0.2) is 15.0 Å². The molecule has 3 rings (SSSR count). The predicted molar refractivity (Wildman–Crippen MR) is 81.5 cm³/mol. The molecule has 0 atom stereocenters. The molecule has 0 saturated heterocycles. The summed E-state index contributed by atoms with van der Waals surface area (Å²) in [5.41, 5.74) is 1.72. The standard InChI is InChI=1S/C16H16N4/c1-2-10-17-15-13-9-6-11-18-16(13)20-14(19-15)12-7-4-3-5-8-12/h3-9,11H,2,10H2,1H3,(H,17,18,19,20). The minimum absolute atomic E-state index is 0.704. The van der Waals surface area contributed by atoms with Gasteiger partial charge in [-0.05, 0) is 18.6 Å². The highest BCUT2D eigenvalue weighted by Gasteiger charge is 2.09. The summed E-state index contributed by atoms with van der Waals surface area (Å²) in [6.45, 7) is 3.02. The van der Waals surface area contributed by atoms with Crippen molar-refractivity contribution in [3.05, 3.63) is 48.7 Å². The molecule has 1 aromatic carbocycles. The summed E-state index contributed by atoms with van der Waals surface area (Å²) in [6, 6.07) is 13.9. The lowest BCUT2D eigenvalue weighted by atomic mass is 10.2. The molecule has 0 unspecified atom stereocenters. The lowest BCUT2D eigenvalue weighted by Gasteiger charge is -2.09. The van der Waals surface area contributed by atoms with Gasteiger partial charge in [0.25, 0.3) is 0 Å². The quantitative estimate of drug-likeness (QED) is 0.783. The summed E-state index contributed by atoms with van der Waals surface area (Å²) < 4.78 is 0. The van der Waals surface area contributed by atoms with Crippen LogP contribution in [0.25, 0.3) is 22.4 Å². The second-order valence-corrected chi connectivity index (χ2v) is 4.56. The van der Waals surface area contributed by atoms with E-state index in [9.17, 15) is 0 Å². The van der Waals surface area contributed by atoms with E-state index >= 15 is 0 Å². The van der Waals surface area contributed by atoms with E-state index in [-0.39, 0.29) is 0 Å². The van der Waals surface area contributed by atoms with E-state index in [0.29, 0.717) is 5.82 Å². The van der Waals surface area contributed by atoms with Gasteiger partial charge in [-0.3, -0.25) is 0 Å². The number of fused-ring (bicyclic) bond motifs is 1. The fourth-order valence-corrected chi connectivity index (χ4v) is 2.06. The van der Waals surface area contributed by atoms with Gasteiger partial charge in [-0.15, -0.1) is 0 Å². The fourth-order valence-electron chi connectivity index (χ4n) is 2.06. The zero-order valence-corrected chi connectivity index (χ0v) is 11.4. The molecule has 0 aliphatic heterocycles. The lowest BCUT2D eigenvalue weighted by molar-refractivity contribution is 0.969. The maximum Gasteiger partial charge on any atom is 0.165 e. The smallest absolute Gasteiger partial charge is 0.165 e. The Balaban J connectivity index is 2.14. The summed E-state index contributed by atoms with van der Waals surface area (Å²) in [7, 11) is 0. The van der Waals surface area contributed by atoms with Crippen molar-refractivity contribution in [1.82, 2.24) is 15.0 Å². The second kappa shape index (κ2) is 5.65. The van der Waals surface area contributed by atoms with E-state index in [1.807, 2.05) is 42.5 Å². The van der Waals surface area contributed by atoms with Crippen LogP contribution in [0.5, 0.6) is 0 Å². The molecular weight excluding hydrogens is 248 g/mol. The van der Waals surface area contributed by atoms with Gasteiger partial charge in [0.1, 0.15) is 5.82 Å². The first-order valence-corrected chi connectivity index (χ1v) is 6.80. The summed E-state index contributed by atoms with van der Waals surface area (Å²) >= 11 is 0. The molecule has 2 heterocycles. The summed E-state index contributed by atoms with van der Waals surface area (Å²) in [5, 5.41) is 4.32. The van der Waals surface area contributed by atoms with Crippen molar-refractivity contribution in [2.24, 2.45) is 0 Å². The highest BCUT2D eigenvalue weighted by atomic mass is 15.0. The Morgan fingerprint density at radius 3 is 2.65 bits per heavy atom. The zero-order valence-electron chi connectivity index (χ0n) is 11.4. The van der Waals surface area contributed by atoms with Gasteiger partial charge in [0.15, 0.2) is 11.5 Å². The van der Waals surface area contributed by atoms with Crippen LogP contribution in [-0.4, -0.2) is 21.5 Å². The number of rotatable bonds is 4. The van der Waals surface area contributed by atoms with Crippen LogP contribution in [-0.2, 0) is 0 Å². The van der Waals surface area contributed by atoms with Gasteiger partial charge in [0.05, 0.1) is 5.39 Å². The molecule has 20 heavy (non-hydrogen) atoms. The average Bonchev–Trinajstić information content (AvgIpc) is 2.53. The largest absolute Gasteiger partial charge is 0.369 e. The van der Waals surface area contributed by atoms with Gasteiger partial charge < -0.3 is 5.32 Å². The van der Waals surface area contributed by atoms with Crippen LogP contribution in [0.2, 0.25) is 0 Å². The van der Waals surface area contributed by atoms with E-state index in [1.165, 1.54) is 0 Å². The van der Waals surface area contributed by atoms with E-state index in [4.69, 9.17) is 0 Å². The molecule has 0 bridgehead atoms. The van der Waals surface area contributed by atoms with Crippen LogP contribution in [0.15, 0.2) is 48.7 Å². The fraction of sp³-hybridized carbons (Fsp3) is 0.188. The number of nitrogens with zero attached hydrogens (tertiary/aromatic N) is 3. The van der Waals surface area contributed by atoms with E-state index in [1.54, 1.807) is 6.20 Å². The van der Waals surface area contributed by atoms with Gasteiger partial charge >= 0.3 is 0 Å². The van der Waals surface area contributed by atoms with Gasteiger partial charge in [-0.1, -0.05) is 37.3 Å². The molecule has 100 valence electrons. The van der Waals surface area contributed by atoms with Crippen LogP contribution in [0.3, 0.4) is 0 Å². The molecule has 0 radical (unpaired) electrons. The van der Waals surface area contributed by atoms with Gasteiger partial charge in [0, 0.05) is 18.3 Å². The molecule has 4 heteroatoms. The molecule has 0 aliphatic carbocycles. The normalized spacial score (nSPS) is 10.7. The Morgan fingerprint density at radius 2 is 1.85 bits per heavy atom. The maximum atomic E-state index is 4.65. The maximum absolute atomic E-state index is 4.65. The van der Waals surface area contributed by atoms with E-state index < -0.39 is 0 Å². The molecule has 3 aromatic rings. The first-order chi connectivity index (χ1) is 9.88. The first kappa shape index (κ1) is 12.5. The minimum Gasteiger partial charge on any atom is -0.369 e. The topological polar surface area (TPSA) is 50.7 Å². The SMILES string of the molecule is CCCNc1nc(-c2ccccc2)nc2ncccc12. The van der Waals surface area contributed by atoms with Crippen LogP contribution in [0.1, 0.15) is 13.3 Å². The molecule has 0 amide bonds. The Kier molecular flexibility index (Phi) is 3.54. The first-order valence-electron chi connectivity index (χ1n) is 6.80. The van der Waals surface area contributed by atoms with Crippen molar-refractivity contribution in [1.29, 1.82) is 0 Å². The third-order valence-corrected chi connectivity index (χ3v) is 3.05. The average molecular weight is 264 g/mol. The molecule has 1 N–H and O–H groups in total. The number of nitrogens with one attached hydrogen (secondary N) is 1. The van der Waals surface area contributed by atoms with E-state index in [2.05, 4.69) is 27.2 Å². The molecule has 0 saturated carbocycles. The number of anilines is 1. The second-order valence-electron chi connectivity index (χ2n) is 4.56. The molecule has 2 aromatic heterocycles. The van der Waals surface area contributed by atoms with Crippen molar-refractivity contribution in [3.63, 3.8) is 0 Å². The van der Waals surface area contributed by atoms with Crippen molar-refractivity contribution >= 4 is 16.9 Å². The number of pyridine rings is 1. The van der Waals surface area contributed by atoms with Gasteiger partial charge in [0.2, 0.25) is 0 Å². The molecule has 0 spiro atoms. The monoisotopic (exact) mass is 264 g/mol. The lowest BCUT2D eigenvalue weighted by Crippen LogP contribution is -2.05. The minimum atomic E-state index is 0.704. The third kappa shape index (κ3) is 2.45. The van der Waals surface area contributed by atoms with Crippen LogP contribution in [0.4, 0.5) is 5.82 Å². The van der Waals surface area contributed by atoms with Crippen molar-refractivity contribution in [2.75, 3.05) is 11.9 Å². The predicted octanol–water partition coefficient (Wildman–Crippen LogP) is 3.51. The highest BCUT2D eigenvalue weighted by Crippen LogP contribution is 2.23. The van der Waals surface area contributed by atoms with Gasteiger partial charge in [-0.2, -0.15) is 0 Å². The van der Waals surface area contributed by atoms with Crippen LogP contribution < -0.4 is 5.32 Å². The van der Waals surface area contributed by atoms with Crippen LogP contribution >= 0.6 is 0 Å². The summed E-state index contributed by atoms with van der Waals surface area (Å²) in [6.07, 6.45) is 2.81. The van der Waals surface area contributed by atoms with Crippen molar-refractivity contribution in [2.45, 2.75) is 13.3 Å². The highest BCUT2D eigenvalue weighted by molar-refractivity contribution is 5.87. The Hall–Kier alpha value is -2.49. The van der Waals surface area contributed by atoms with Crippen molar-refractivity contribution in [3.8, 4) is 11.4 Å². The van der Waals surface area contributed by atoms with Crippen molar-refractivity contribution < 1.29 is 0 Å². The third-order valence-electron chi connectivity index (χ3n) is 3.05. The Labute approximate surface area is 117 Å². The molecule has 0 aliphatic rings. The zero-order chi connectivity index (χ0) is 13.8. The Morgan fingerprint density at radius 1 is 1.00 bits per heavy atom. The molecular formula is C16H16N4. The molecule has 4 nitrogen and oxygen atoms in total. The van der Waals surface area contributed by atoms with E-state index in [0.717, 1.165) is 35.4 Å². The summed E-state index contributed by atoms with van der Waals surface area (Å²) in [4.78, 5) is 13.5. The summed E-state index contributed by atoms with van der Waals surface area (Å²) in [5.74, 6) is 1.55. The number of aromatic nitrogens is 3. The number of benzene rings is 1. The number of hydrogen-bond donors (Lipinski definition) is 1. The molecule has 0 fully saturated rings.